The molecule has 1 aliphatic rings. The van der Waals surface area contributed by atoms with Crippen LogP contribution < -0.4 is 4.74 Å². The fraction of sp³-hybridized carbons (Fsp3) is 0.200. The number of benzene rings is 2. The third-order valence-electron chi connectivity index (χ3n) is 4.51. The molecule has 0 amide bonds. The summed E-state index contributed by atoms with van der Waals surface area (Å²) < 4.78 is 9.07. The lowest BCUT2D eigenvalue weighted by Crippen LogP contribution is -2.01. The van der Waals surface area contributed by atoms with Crippen molar-refractivity contribution in [2.75, 3.05) is 0 Å². The molecule has 1 aliphatic carbocycles. The van der Waals surface area contributed by atoms with E-state index in [9.17, 15) is 4.79 Å². The van der Waals surface area contributed by atoms with Crippen molar-refractivity contribution in [1.29, 1.82) is 0 Å². The van der Waals surface area contributed by atoms with Gasteiger partial charge in [0.15, 0.2) is 10.7 Å². The molecule has 0 saturated heterocycles. The average molecular weight is 348 g/mol. The maximum Gasteiger partial charge on any atom is 0.195 e. The number of thiazole rings is 1. The number of hydrogen-bond acceptors (Lipinski definition) is 4. The molecule has 4 nitrogen and oxygen atoms in total. The molecule has 4 aromatic rings. The number of imidazole rings is 1. The first-order chi connectivity index (χ1) is 12.3. The topological polar surface area (TPSA) is 43.6 Å². The molecule has 2 aromatic heterocycles. The second-order valence-electron chi connectivity index (χ2n) is 6.42. The van der Waals surface area contributed by atoms with E-state index in [2.05, 4.69) is 11.1 Å². The Morgan fingerprint density at radius 2 is 2.04 bits per heavy atom. The van der Waals surface area contributed by atoms with E-state index < -0.39 is 0 Å². The fourth-order valence-electron chi connectivity index (χ4n) is 2.98. The van der Waals surface area contributed by atoms with E-state index in [1.165, 1.54) is 0 Å². The van der Waals surface area contributed by atoms with Gasteiger partial charge >= 0.3 is 0 Å². The molecule has 0 radical (unpaired) electrons. The van der Waals surface area contributed by atoms with Gasteiger partial charge in [-0.2, -0.15) is 0 Å². The molecule has 5 rings (SSSR count). The lowest BCUT2D eigenvalue weighted by molar-refractivity contribution is 0.0963. The second-order valence-corrected chi connectivity index (χ2v) is 7.43. The second kappa shape index (κ2) is 5.70. The standard InChI is InChI=1S/C20H16N2O2S/c23-19(14-6-7-14)16-11-22-17-10-15(8-9-18(17)25-20(22)21-16)24-12-13-4-2-1-3-5-13/h1-5,8-11,14H,6-7,12H2. The lowest BCUT2D eigenvalue weighted by Gasteiger charge is -2.06. The Bertz CT molecular complexity index is 1080. The molecule has 2 aromatic carbocycles. The number of carbonyl (C=O) groups is 1. The Labute approximate surface area is 148 Å². The predicted octanol–water partition coefficient (Wildman–Crippen LogP) is 4.72. The van der Waals surface area contributed by atoms with Crippen LogP contribution in [0, 0.1) is 5.92 Å². The molecule has 2 heterocycles. The highest BCUT2D eigenvalue weighted by Gasteiger charge is 2.32. The van der Waals surface area contributed by atoms with Gasteiger partial charge in [0.05, 0.1) is 10.2 Å². The van der Waals surface area contributed by atoms with E-state index >= 15 is 0 Å². The van der Waals surface area contributed by atoms with Crippen LogP contribution in [-0.2, 0) is 6.61 Å². The van der Waals surface area contributed by atoms with E-state index in [0.29, 0.717) is 12.3 Å². The van der Waals surface area contributed by atoms with E-state index in [-0.39, 0.29) is 11.7 Å². The van der Waals surface area contributed by atoms with Crippen molar-refractivity contribution in [3.8, 4) is 5.75 Å². The Morgan fingerprint density at radius 1 is 1.20 bits per heavy atom. The van der Waals surface area contributed by atoms with Crippen molar-refractivity contribution in [2.24, 2.45) is 5.92 Å². The number of carbonyl (C=O) groups excluding carboxylic acids is 1. The minimum atomic E-state index is 0.181. The smallest absolute Gasteiger partial charge is 0.195 e. The molecular formula is C20H16N2O2S. The van der Waals surface area contributed by atoms with Gasteiger partial charge in [0, 0.05) is 18.2 Å². The fourth-order valence-corrected chi connectivity index (χ4v) is 3.97. The van der Waals surface area contributed by atoms with Gasteiger partial charge in [0.2, 0.25) is 0 Å². The highest BCUT2D eigenvalue weighted by Crippen LogP contribution is 2.34. The Balaban J connectivity index is 1.47. The maximum atomic E-state index is 12.2. The average Bonchev–Trinajstić information content (AvgIpc) is 3.33. The van der Waals surface area contributed by atoms with Crippen LogP contribution in [0.5, 0.6) is 5.75 Å². The normalized spacial score (nSPS) is 14.2. The molecule has 0 unspecified atom stereocenters. The van der Waals surface area contributed by atoms with Crippen LogP contribution in [0.3, 0.4) is 0 Å². The number of fused-ring (bicyclic) bond motifs is 3. The van der Waals surface area contributed by atoms with Gasteiger partial charge in [-0.15, -0.1) is 0 Å². The molecule has 124 valence electrons. The molecule has 0 spiro atoms. The van der Waals surface area contributed by atoms with Crippen LogP contribution in [0.25, 0.3) is 15.2 Å². The number of aromatic nitrogens is 2. The highest BCUT2D eigenvalue weighted by molar-refractivity contribution is 7.23. The molecule has 1 saturated carbocycles. The quantitative estimate of drug-likeness (QED) is 0.490. The zero-order chi connectivity index (χ0) is 16.8. The molecule has 0 bridgehead atoms. The SMILES string of the molecule is O=C(c1cn2c(n1)sc1ccc(OCc3ccccc3)cc12)C1CC1. The summed E-state index contributed by atoms with van der Waals surface area (Å²) in [6, 6.07) is 16.2. The van der Waals surface area contributed by atoms with Gasteiger partial charge in [0.25, 0.3) is 0 Å². The van der Waals surface area contributed by atoms with Crippen LogP contribution in [-0.4, -0.2) is 15.2 Å². The van der Waals surface area contributed by atoms with Gasteiger partial charge in [-0.05, 0) is 30.5 Å². The molecule has 0 aliphatic heterocycles. The van der Waals surface area contributed by atoms with Crippen LogP contribution in [0.2, 0.25) is 0 Å². The van der Waals surface area contributed by atoms with E-state index in [0.717, 1.165) is 39.3 Å². The molecular weight excluding hydrogens is 332 g/mol. The minimum absolute atomic E-state index is 0.181. The van der Waals surface area contributed by atoms with E-state index in [4.69, 9.17) is 4.74 Å². The van der Waals surface area contributed by atoms with Crippen molar-refractivity contribution in [3.05, 3.63) is 66.0 Å². The highest BCUT2D eigenvalue weighted by atomic mass is 32.1. The van der Waals surface area contributed by atoms with E-state index in [1.54, 1.807) is 11.3 Å². The summed E-state index contributed by atoms with van der Waals surface area (Å²) in [4.78, 5) is 17.6. The third kappa shape index (κ3) is 2.70. The Kier molecular flexibility index (Phi) is 3.35. The number of rotatable bonds is 5. The van der Waals surface area contributed by atoms with E-state index in [1.807, 2.05) is 53.1 Å². The zero-order valence-corrected chi connectivity index (χ0v) is 14.3. The van der Waals surface area contributed by atoms with Crippen molar-refractivity contribution < 1.29 is 9.53 Å². The van der Waals surface area contributed by atoms with Crippen molar-refractivity contribution >= 4 is 32.3 Å². The maximum absolute atomic E-state index is 12.2. The van der Waals surface area contributed by atoms with Crippen LogP contribution in [0.15, 0.2) is 54.7 Å². The summed E-state index contributed by atoms with van der Waals surface area (Å²) >= 11 is 1.60. The molecule has 25 heavy (non-hydrogen) atoms. The summed E-state index contributed by atoms with van der Waals surface area (Å²) in [6.45, 7) is 0.537. The van der Waals surface area contributed by atoms with Crippen LogP contribution in [0.1, 0.15) is 28.9 Å². The first kappa shape index (κ1) is 14.7. The molecule has 5 heteroatoms. The lowest BCUT2D eigenvalue weighted by atomic mass is 10.2. The first-order valence-corrected chi connectivity index (χ1v) is 9.22. The summed E-state index contributed by atoms with van der Waals surface area (Å²) in [5.74, 6) is 1.20. The monoisotopic (exact) mass is 348 g/mol. The number of hydrogen-bond donors (Lipinski definition) is 0. The number of nitrogens with zero attached hydrogens (tertiary/aromatic N) is 2. The summed E-state index contributed by atoms with van der Waals surface area (Å²) in [7, 11) is 0. The third-order valence-corrected chi connectivity index (χ3v) is 5.55. The largest absolute Gasteiger partial charge is 0.489 e. The Morgan fingerprint density at radius 3 is 2.84 bits per heavy atom. The summed E-state index contributed by atoms with van der Waals surface area (Å²) in [5.41, 5.74) is 2.76. The predicted molar refractivity (Wildman–Crippen MR) is 98.4 cm³/mol. The Hall–Kier alpha value is -2.66. The summed E-state index contributed by atoms with van der Waals surface area (Å²) in [5, 5.41) is 0. The minimum Gasteiger partial charge on any atom is -0.489 e. The van der Waals surface area contributed by atoms with Gasteiger partial charge in [-0.1, -0.05) is 41.7 Å². The van der Waals surface area contributed by atoms with Crippen molar-refractivity contribution in [2.45, 2.75) is 19.4 Å². The van der Waals surface area contributed by atoms with Gasteiger partial charge in [-0.25, -0.2) is 4.98 Å². The van der Waals surface area contributed by atoms with Crippen LogP contribution >= 0.6 is 11.3 Å². The van der Waals surface area contributed by atoms with Crippen molar-refractivity contribution in [3.63, 3.8) is 0 Å². The molecule has 0 atom stereocenters. The number of ether oxygens (including phenoxy) is 1. The van der Waals surface area contributed by atoms with Gasteiger partial charge in [0.1, 0.15) is 18.1 Å². The zero-order valence-electron chi connectivity index (χ0n) is 13.5. The van der Waals surface area contributed by atoms with Crippen molar-refractivity contribution in [1.82, 2.24) is 9.38 Å². The number of Topliss-reactive ketones (excluding diaryl/α,β-unsaturated/α-hetero) is 1. The number of ketones is 1. The molecule has 0 N–H and O–H groups in total. The van der Waals surface area contributed by atoms with Gasteiger partial charge < -0.3 is 4.74 Å². The first-order valence-electron chi connectivity index (χ1n) is 8.40. The molecule has 1 fully saturated rings. The van der Waals surface area contributed by atoms with Crippen LogP contribution in [0.4, 0.5) is 0 Å². The van der Waals surface area contributed by atoms with Gasteiger partial charge in [-0.3, -0.25) is 9.20 Å². The summed E-state index contributed by atoms with van der Waals surface area (Å²) in [6.07, 6.45) is 3.88.